The highest BCUT2D eigenvalue weighted by atomic mass is 16.5. The van der Waals surface area contributed by atoms with E-state index in [9.17, 15) is 14.4 Å². The molecule has 13 heteroatoms. The largest absolute Gasteiger partial charge is 0.497 e. The predicted octanol–water partition coefficient (Wildman–Crippen LogP) is 4.06. The third-order valence-corrected chi connectivity index (χ3v) is 7.98. The molecule has 1 saturated heterocycles. The van der Waals surface area contributed by atoms with Crippen LogP contribution in [-0.4, -0.2) is 82.5 Å². The van der Waals surface area contributed by atoms with Crippen LogP contribution in [0.1, 0.15) is 27.5 Å². The minimum absolute atomic E-state index is 0.107. The van der Waals surface area contributed by atoms with Crippen LogP contribution in [0.2, 0.25) is 0 Å². The molecule has 4 heterocycles. The van der Waals surface area contributed by atoms with Gasteiger partial charge in [0.25, 0.3) is 11.8 Å². The Morgan fingerprint density at radius 3 is 2.47 bits per heavy atom. The molecule has 0 saturated carbocycles. The van der Waals surface area contributed by atoms with Crippen LogP contribution in [0.5, 0.6) is 0 Å². The summed E-state index contributed by atoms with van der Waals surface area (Å²) in [6.07, 6.45) is 7.22. The quantitative estimate of drug-likeness (QED) is 0.250. The zero-order valence-corrected chi connectivity index (χ0v) is 26.8. The number of esters is 1. The first-order valence-corrected chi connectivity index (χ1v) is 14.7. The summed E-state index contributed by atoms with van der Waals surface area (Å²) in [6.45, 7) is 12.6. The number of imidazole rings is 1. The number of nitrogens with one attached hydrogen (secondary N) is 2. The fourth-order valence-corrected chi connectivity index (χ4v) is 5.41. The number of hydrogen-bond acceptors (Lipinski definition) is 9. The van der Waals surface area contributed by atoms with Crippen molar-refractivity contribution >= 4 is 35.5 Å². The summed E-state index contributed by atoms with van der Waals surface area (Å²) < 4.78 is 19.2. The van der Waals surface area contributed by atoms with Gasteiger partial charge in [0.15, 0.2) is 5.82 Å². The van der Waals surface area contributed by atoms with Gasteiger partial charge in [-0.3, -0.25) is 14.6 Å². The van der Waals surface area contributed by atoms with E-state index in [0.29, 0.717) is 41.4 Å². The zero-order valence-electron chi connectivity index (χ0n) is 26.8. The summed E-state index contributed by atoms with van der Waals surface area (Å²) in [4.78, 5) is 48.7. The number of aliphatic imine (C=N–C) groups is 1. The first kappa shape index (κ1) is 32.7. The van der Waals surface area contributed by atoms with Gasteiger partial charge in [0.1, 0.15) is 18.1 Å². The number of fused-ring (bicyclic) bond motifs is 1. The number of carbonyl (C=O) groups is 3. The lowest BCUT2D eigenvalue weighted by atomic mass is 10.1. The second-order valence-electron chi connectivity index (χ2n) is 11.1. The zero-order chi connectivity index (χ0) is 33.8. The number of rotatable bonds is 10. The molecule has 0 spiro atoms. The summed E-state index contributed by atoms with van der Waals surface area (Å²) in [5.41, 5.74) is 4.66. The second kappa shape index (κ2) is 13.7. The van der Waals surface area contributed by atoms with Gasteiger partial charge in [-0.15, -0.1) is 0 Å². The monoisotopic (exact) mass is 639 g/mol. The Balaban J connectivity index is 1.16. The van der Waals surface area contributed by atoms with Crippen LogP contribution in [0, 0.1) is 0 Å². The third-order valence-electron chi connectivity index (χ3n) is 7.98. The SMILES string of the molecule is C=C(/C=C1/N=C[C@@H]2[C@@H](OCC(=O)Nc3cn(C)c(C(=O)Nc4ccc(-c5cc(C(=O)OC)n(C)c5)cc4)n3)CCN2C(=C)C1=C)OC. The smallest absolute Gasteiger partial charge is 0.354 e. The highest BCUT2D eigenvalue weighted by molar-refractivity contribution is 6.02. The number of ether oxygens (including phenoxy) is 3. The van der Waals surface area contributed by atoms with Gasteiger partial charge in [0, 0.05) is 67.8 Å². The molecule has 2 amide bonds. The van der Waals surface area contributed by atoms with Gasteiger partial charge in [-0.1, -0.05) is 31.9 Å². The number of aryl methyl sites for hydroxylation is 2. The Morgan fingerprint density at radius 1 is 1.02 bits per heavy atom. The number of anilines is 2. The second-order valence-corrected chi connectivity index (χ2v) is 11.1. The first-order valence-electron chi connectivity index (χ1n) is 14.7. The lowest BCUT2D eigenvalue weighted by molar-refractivity contribution is -0.122. The Labute approximate surface area is 272 Å². The molecule has 2 atom stereocenters. The molecule has 0 radical (unpaired) electrons. The molecular formula is C34H37N7O6. The van der Waals surface area contributed by atoms with Gasteiger partial charge in [0.05, 0.1) is 32.1 Å². The lowest BCUT2D eigenvalue weighted by Gasteiger charge is -2.27. The van der Waals surface area contributed by atoms with Crippen LogP contribution < -0.4 is 10.6 Å². The molecule has 5 rings (SSSR count). The number of nitrogens with zero attached hydrogens (tertiary/aromatic N) is 5. The van der Waals surface area contributed by atoms with Crippen LogP contribution in [-0.2, 0) is 33.1 Å². The molecule has 1 aromatic carbocycles. The summed E-state index contributed by atoms with van der Waals surface area (Å²) in [5.74, 6) is -0.515. The minimum Gasteiger partial charge on any atom is -0.497 e. The average Bonchev–Trinajstić information content (AvgIpc) is 3.75. The van der Waals surface area contributed by atoms with Crippen molar-refractivity contribution in [3.63, 3.8) is 0 Å². The normalized spacial score (nSPS) is 18.1. The van der Waals surface area contributed by atoms with Crippen molar-refractivity contribution in [2.75, 3.05) is 38.0 Å². The third kappa shape index (κ3) is 7.10. The van der Waals surface area contributed by atoms with Crippen molar-refractivity contribution < 1.29 is 28.6 Å². The van der Waals surface area contributed by atoms with Crippen LogP contribution >= 0.6 is 0 Å². The van der Waals surface area contributed by atoms with Crippen molar-refractivity contribution in [3.05, 3.63) is 103 Å². The van der Waals surface area contributed by atoms with Crippen molar-refractivity contribution in [1.82, 2.24) is 19.0 Å². The Kier molecular flexibility index (Phi) is 9.56. The number of allylic oxidation sites excluding steroid dienone is 1. The van der Waals surface area contributed by atoms with E-state index in [2.05, 4.69) is 45.2 Å². The molecule has 1 fully saturated rings. The molecular weight excluding hydrogens is 602 g/mol. The van der Waals surface area contributed by atoms with Crippen molar-refractivity contribution in [2.45, 2.75) is 18.6 Å². The summed E-state index contributed by atoms with van der Waals surface area (Å²) >= 11 is 0. The van der Waals surface area contributed by atoms with Gasteiger partial charge >= 0.3 is 5.97 Å². The van der Waals surface area contributed by atoms with E-state index in [1.807, 2.05) is 18.3 Å². The van der Waals surface area contributed by atoms with Crippen molar-refractivity contribution in [3.8, 4) is 11.1 Å². The summed E-state index contributed by atoms with van der Waals surface area (Å²) in [7, 11) is 6.30. The maximum absolute atomic E-state index is 13.0. The van der Waals surface area contributed by atoms with E-state index in [0.717, 1.165) is 16.8 Å². The van der Waals surface area contributed by atoms with E-state index in [-0.39, 0.29) is 30.4 Å². The fraction of sp³-hybridized carbons (Fsp3) is 0.265. The van der Waals surface area contributed by atoms with Gasteiger partial charge < -0.3 is 38.9 Å². The maximum atomic E-state index is 13.0. The van der Waals surface area contributed by atoms with E-state index >= 15 is 0 Å². The number of carbonyl (C=O) groups excluding carboxylic acids is 3. The Morgan fingerprint density at radius 2 is 1.77 bits per heavy atom. The number of methoxy groups -OCH3 is 2. The van der Waals surface area contributed by atoms with E-state index < -0.39 is 17.8 Å². The van der Waals surface area contributed by atoms with Crippen LogP contribution in [0.25, 0.3) is 11.1 Å². The Bertz CT molecular complexity index is 1810. The topological polar surface area (TPSA) is 141 Å². The predicted molar refractivity (Wildman–Crippen MR) is 178 cm³/mol. The molecule has 2 aliphatic rings. The molecule has 2 aliphatic heterocycles. The molecule has 0 bridgehead atoms. The van der Waals surface area contributed by atoms with Crippen LogP contribution in [0.15, 0.2) is 96.3 Å². The van der Waals surface area contributed by atoms with Gasteiger partial charge in [-0.05, 0) is 30.2 Å². The molecule has 13 nitrogen and oxygen atoms in total. The van der Waals surface area contributed by atoms with E-state index in [1.54, 1.807) is 55.3 Å². The fourth-order valence-electron chi connectivity index (χ4n) is 5.41. The standard InChI is InChI=1S/C34H37N7O6/c1-20(45-6)14-26-21(2)22(3)41-13-12-29(28(41)16-35-26)47-19-31(42)37-30-18-40(5)32(38-30)33(43)36-25-10-8-23(9-11-25)24-15-27(34(44)46-7)39(4)17-24/h8-11,14-18,28-29H,1-3,12-13,19H2,4-7H3,(H,36,43)(H,37,42)/b26-14+/t28-,29+/m1/s1. The van der Waals surface area contributed by atoms with Crippen molar-refractivity contribution in [1.29, 1.82) is 0 Å². The number of aromatic nitrogens is 3. The highest BCUT2D eigenvalue weighted by Crippen LogP contribution is 2.33. The molecule has 0 unspecified atom stereocenters. The minimum atomic E-state index is -0.451. The highest BCUT2D eigenvalue weighted by Gasteiger charge is 2.37. The maximum Gasteiger partial charge on any atom is 0.354 e. The van der Waals surface area contributed by atoms with Gasteiger partial charge in [-0.2, -0.15) is 0 Å². The van der Waals surface area contributed by atoms with Gasteiger partial charge in [-0.25, -0.2) is 9.78 Å². The molecule has 47 heavy (non-hydrogen) atoms. The van der Waals surface area contributed by atoms with Crippen molar-refractivity contribution in [2.24, 2.45) is 19.1 Å². The number of benzene rings is 1. The molecule has 244 valence electrons. The van der Waals surface area contributed by atoms with E-state index in [4.69, 9.17) is 14.2 Å². The Hall–Kier alpha value is -5.69. The molecule has 3 aromatic rings. The van der Waals surface area contributed by atoms with E-state index in [1.165, 1.54) is 18.8 Å². The lowest BCUT2D eigenvalue weighted by Crippen LogP contribution is -2.37. The average molecular weight is 640 g/mol. The molecule has 0 aliphatic carbocycles. The van der Waals surface area contributed by atoms with Gasteiger partial charge in [0.2, 0.25) is 5.82 Å². The number of amides is 2. The first-order chi connectivity index (χ1) is 22.5. The molecule has 2 N–H and O–H groups in total. The van der Waals surface area contributed by atoms with Crippen LogP contribution in [0.3, 0.4) is 0 Å². The van der Waals surface area contributed by atoms with Crippen LogP contribution in [0.4, 0.5) is 11.5 Å². The summed E-state index contributed by atoms with van der Waals surface area (Å²) in [5, 5.41) is 5.52. The molecule has 2 aromatic heterocycles. The summed E-state index contributed by atoms with van der Waals surface area (Å²) in [6, 6.07) is 8.69. The number of hydrogen-bond donors (Lipinski definition) is 2.